The van der Waals surface area contributed by atoms with Gasteiger partial charge in [-0.15, -0.1) is 0 Å². The monoisotopic (exact) mass is 490 g/mol. The zero-order valence-electron chi connectivity index (χ0n) is 18.1. The van der Waals surface area contributed by atoms with Crippen molar-refractivity contribution in [2.75, 3.05) is 18.4 Å². The standard InChI is InChI=1S/C24H22ClF3N4O2/c25-21-20(15-30-32(23(21)34)19-6-4-5-18(13-19)24(26,27)28)29-14-16-7-9-17(10-8-16)22(33)31-11-2-1-3-12-31/h4-10,13,15,29H,1-3,11-12,14H2. The van der Waals surface area contributed by atoms with Gasteiger partial charge in [-0.3, -0.25) is 9.59 Å². The smallest absolute Gasteiger partial charge is 0.378 e. The van der Waals surface area contributed by atoms with Gasteiger partial charge in [0.25, 0.3) is 11.5 Å². The molecular weight excluding hydrogens is 469 g/mol. The quantitative estimate of drug-likeness (QED) is 0.537. The van der Waals surface area contributed by atoms with E-state index >= 15 is 0 Å². The normalized spacial score (nSPS) is 14.2. The van der Waals surface area contributed by atoms with Gasteiger partial charge in [0, 0.05) is 25.2 Å². The van der Waals surface area contributed by atoms with Crippen LogP contribution >= 0.6 is 11.6 Å². The van der Waals surface area contributed by atoms with Gasteiger partial charge in [-0.05, 0) is 55.2 Å². The van der Waals surface area contributed by atoms with Gasteiger partial charge < -0.3 is 10.2 Å². The van der Waals surface area contributed by atoms with Crippen molar-refractivity contribution in [3.8, 4) is 5.69 Å². The van der Waals surface area contributed by atoms with E-state index in [0.717, 1.165) is 54.7 Å². The molecule has 0 atom stereocenters. The van der Waals surface area contributed by atoms with Crippen LogP contribution in [0.5, 0.6) is 0 Å². The molecule has 2 heterocycles. The Balaban J connectivity index is 1.45. The third kappa shape index (κ3) is 5.25. The van der Waals surface area contributed by atoms with Crippen LogP contribution in [-0.4, -0.2) is 33.7 Å². The van der Waals surface area contributed by atoms with E-state index in [4.69, 9.17) is 11.6 Å². The number of nitrogens with zero attached hydrogens (tertiary/aromatic N) is 3. The van der Waals surface area contributed by atoms with Crippen LogP contribution in [0.3, 0.4) is 0 Å². The fourth-order valence-electron chi connectivity index (χ4n) is 3.80. The summed E-state index contributed by atoms with van der Waals surface area (Å²) in [4.78, 5) is 27.1. The van der Waals surface area contributed by atoms with Crippen LogP contribution in [0.4, 0.5) is 18.9 Å². The number of carbonyl (C=O) groups is 1. The lowest BCUT2D eigenvalue weighted by Gasteiger charge is -2.26. The number of benzene rings is 2. The van der Waals surface area contributed by atoms with E-state index in [1.807, 2.05) is 17.0 Å². The van der Waals surface area contributed by atoms with E-state index in [2.05, 4.69) is 10.4 Å². The first-order chi connectivity index (χ1) is 16.2. The summed E-state index contributed by atoms with van der Waals surface area (Å²) in [5.41, 5.74) is 0.0562. The second kappa shape index (κ2) is 9.89. The van der Waals surface area contributed by atoms with Crippen LogP contribution in [0.15, 0.2) is 59.5 Å². The first kappa shape index (κ1) is 23.8. The molecule has 0 radical (unpaired) electrons. The van der Waals surface area contributed by atoms with Crippen LogP contribution in [0.1, 0.15) is 40.7 Å². The Morgan fingerprint density at radius 2 is 1.76 bits per heavy atom. The molecule has 178 valence electrons. The lowest BCUT2D eigenvalue weighted by atomic mass is 10.1. The average Bonchev–Trinajstić information content (AvgIpc) is 2.85. The van der Waals surface area contributed by atoms with E-state index in [1.165, 1.54) is 18.3 Å². The maximum Gasteiger partial charge on any atom is 0.416 e. The summed E-state index contributed by atoms with van der Waals surface area (Å²) in [7, 11) is 0. The number of piperidine rings is 1. The van der Waals surface area contributed by atoms with Crippen LogP contribution < -0.4 is 10.9 Å². The Bertz CT molecular complexity index is 1240. The Labute approximate surface area is 199 Å². The van der Waals surface area contributed by atoms with E-state index in [-0.39, 0.29) is 22.3 Å². The summed E-state index contributed by atoms with van der Waals surface area (Å²) in [5.74, 6) is 0.0182. The molecule has 0 unspecified atom stereocenters. The molecule has 4 rings (SSSR count). The predicted octanol–water partition coefficient (Wildman–Crippen LogP) is 5.14. The molecule has 0 bridgehead atoms. The SMILES string of the molecule is O=C(c1ccc(CNc2cnn(-c3cccc(C(F)(F)F)c3)c(=O)c2Cl)cc1)N1CCCCC1. The maximum atomic E-state index is 13.0. The van der Waals surface area contributed by atoms with Crippen LogP contribution in [0, 0.1) is 0 Å². The largest absolute Gasteiger partial charge is 0.416 e. The maximum absolute atomic E-state index is 13.0. The van der Waals surface area contributed by atoms with Gasteiger partial charge >= 0.3 is 6.18 Å². The van der Waals surface area contributed by atoms with Gasteiger partial charge in [-0.25, -0.2) is 0 Å². The van der Waals surface area contributed by atoms with Crippen molar-refractivity contribution < 1.29 is 18.0 Å². The van der Waals surface area contributed by atoms with Gasteiger partial charge in [0.2, 0.25) is 0 Å². The summed E-state index contributed by atoms with van der Waals surface area (Å²) >= 11 is 6.19. The molecule has 6 nitrogen and oxygen atoms in total. The lowest BCUT2D eigenvalue weighted by molar-refractivity contribution is -0.137. The Morgan fingerprint density at radius 3 is 2.44 bits per heavy atom. The number of hydrogen-bond donors (Lipinski definition) is 1. The van der Waals surface area contributed by atoms with Gasteiger partial charge in [0.15, 0.2) is 0 Å². The molecule has 1 aliphatic heterocycles. The highest BCUT2D eigenvalue weighted by molar-refractivity contribution is 6.32. The number of rotatable bonds is 5. The molecule has 1 aliphatic rings. The first-order valence-electron chi connectivity index (χ1n) is 10.8. The fraction of sp³-hybridized carbons (Fsp3) is 0.292. The zero-order chi connectivity index (χ0) is 24.3. The molecule has 0 spiro atoms. The van der Waals surface area contributed by atoms with Gasteiger partial charge in [-0.1, -0.05) is 29.8 Å². The molecule has 1 saturated heterocycles. The number of hydrogen-bond acceptors (Lipinski definition) is 4. The summed E-state index contributed by atoms with van der Waals surface area (Å²) in [5, 5.41) is 6.80. The third-order valence-electron chi connectivity index (χ3n) is 5.66. The van der Waals surface area contributed by atoms with Gasteiger partial charge in [0.05, 0.1) is 23.1 Å². The molecule has 34 heavy (non-hydrogen) atoms. The Kier molecular flexibility index (Phi) is 6.92. The number of anilines is 1. The number of aromatic nitrogens is 2. The van der Waals surface area contributed by atoms with E-state index < -0.39 is 17.3 Å². The number of halogens is 4. The van der Waals surface area contributed by atoms with E-state index in [9.17, 15) is 22.8 Å². The number of amides is 1. The van der Waals surface area contributed by atoms with Crippen LogP contribution in [0.2, 0.25) is 5.02 Å². The topological polar surface area (TPSA) is 67.2 Å². The predicted molar refractivity (Wildman–Crippen MR) is 123 cm³/mol. The zero-order valence-corrected chi connectivity index (χ0v) is 18.9. The third-order valence-corrected chi connectivity index (χ3v) is 6.03. The van der Waals surface area contributed by atoms with E-state index in [1.54, 1.807) is 12.1 Å². The number of carbonyl (C=O) groups excluding carboxylic acids is 1. The highest BCUT2D eigenvalue weighted by Gasteiger charge is 2.30. The average molecular weight is 491 g/mol. The molecule has 10 heteroatoms. The summed E-state index contributed by atoms with van der Waals surface area (Å²) in [6, 6.07) is 11.5. The fourth-order valence-corrected chi connectivity index (χ4v) is 3.99. The minimum atomic E-state index is -4.54. The van der Waals surface area contributed by atoms with Crippen molar-refractivity contribution in [1.29, 1.82) is 0 Å². The van der Waals surface area contributed by atoms with Crippen molar-refractivity contribution >= 4 is 23.2 Å². The number of nitrogens with one attached hydrogen (secondary N) is 1. The first-order valence-corrected chi connectivity index (χ1v) is 11.2. The Morgan fingerprint density at radius 1 is 1.06 bits per heavy atom. The Hall–Kier alpha value is -3.33. The lowest BCUT2D eigenvalue weighted by Crippen LogP contribution is -2.35. The minimum Gasteiger partial charge on any atom is -0.378 e. The van der Waals surface area contributed by atoms with Crippen LogP contribution in [-0.2, 0) is 12.7 Å². The molecule has 1 N–H and O–H groups in total. The second-order valence-electron chi connectivity index (χ2n) is 8.04. The number of alkyl halides is 3. The van der Waals surface area contributed by atoms with Crippen molar-refractivity contribution in [3.63, 3.8) is 0 Å². The van der Waals surface area contributed by atoms with Gasteiger partial charge in [-0.2, -0.15) is 23.0 Å². The number of likely N-dealkylation sites (tertiary alicyclic amines) is 1. The summed E-state index contributed by atoms with van der Waals surface area (Å²) < 4.78 is 39.8. The molecule has 1 amide bonds. The second-order valence-corrected chi connectivity index (χ2v) is 8.42. The molecule has 0 saturated carbocycles. The summed E-state index contributed by atoms with van der Waals surface area (Å²) in [6.45, 7) is 1.87. The highest BCUT2D eigenvalue weighted by Crippen LogP contribution is 2.30. The molecule has 1 aromatic heterocycles. The molecule has 1 fully saturated rings. The highest BCUT2D eigenvalue weighted by atomic mass is 35.5. The molecular formula is C24H22ClF3N4O2. The van der Waals surface area contributed by atoms with Gasteiger partial charge in [0.1, 0.15) is 5.02 Å². The van der Waals surface area contributed by atoms with Crippen molar-refractivity contribution in [1.82, 2.24) is 14.7 Å². The van der Waals surface area contributed by atoms with Crippen molar-refractivity contribution in [2.24, 2.45) is 0 Å². The van der Waals surface area contributed by atoms with E-state index in [0.29, 0.717) is 12.1 Å². The minimum absolute atomic E-state index is 0.0182. The van der Waals surface area contributed by atoms with Crippen molar-refractivity contribution in [3.05, 3.63) is 86.8 Å². The van der Waals surface area contributed by atoms with Crippen molar-refractivity contribution in [2.45, 2.75) is 32.0 Å². The molecule has 2 aromatic carbocycles. The summed E-state index contributed by atoms with van der Waals surface area (Å²) in [6.07, 6.45) is -0.0580. The molecule has 3 aromatic rings. The molecule has 0 aliphatic carbocycles. The van der Waals surface area contributed by atoms with Crippen LogP contribution in [0.25, 0.3) is 5.69 Å².